The monoisotopic (exact) mass is 212 g/mol. The first-order valence-corrected chi connectivity index (χ1v) is 6.64. The van der Waals surface area contributed by atoms with Gasteiger partial charge in [-0.2, -0.15) is 0 Å². The van der Waals surface area contributed by atoms with E-state index in [1.54, 1.807) is 0 Å². The molecular weight excluding hydrogens is 184 g/mol. The van der Waals surface area contributed by atoms with Crippen molar-refractivity contribution in [1.82, 2.24) is 10.2 Å². The Kier molecular flexibility index (Phi) is 5.62. The van der Waals surface area contributed by atoms with E-state index in [4.69, 9.17) is 0 Å². The van der Waals surface area contributed by atoms with E-state index in [0.717, 1.165) is 12.0 Å². The van der Waals surface area contributed by atoms with Gasteiger partial charge in [0.25, 0.3) is 0 Å². The molecule has 0 aromatic rings. The number of nitrogens with zero attached hydrogens (tertiary/aromatic N) is 1. The lowest BCUT2D eigenvalue weighted by Crippen LogP contribution is -2.56. The summed E-state index contributed by atoms with van der Waals surface area (Å²) in [6.45, 7) is 13.0. The van der Waals surface area contributed by atoms with E-state index >= 15 is 0 Å². The van der Waals surface area contributed by atoms with Crippen molar-refractivity contribution < 1.29 is 0 Å². The zero-order valence-corrected chi connectivity index (χ0v) is 10.9. The van der Waals surface area contributed by atoms with Crippen LogP contribution in [0, 0.1) is 5.92 Å². The summed E-state index contributed by atoms with van der Waals surface area (Å²) in [6.07, 6.45) is 3.92. The predicted octanol–water partition coefficient (Wildman–Crippen LogP) is 2.49. The van der Waals surface area contributed by atoms with Crippen LogP contribution in [0.15, 0.2) is 0 Å². The summed E-state index contributed by atoms with van der Waals surface area (Å²) in [6, 6.07) is 1.45. The predicted molar refractivity (Wildman–Crippen MR) is 67.2 cm³/mol. The van der Waals surface area contributed by atoms with Crippen LogP contribution >= 0.6 is 0 Å². The Hall–Kier alpha value is -0.0800. The third-order valence-electron chi connectivity index (χ3n) is 3.66. The molecule has 0 saturated carbocycles. The molecule has 0 amide bonds. The van der Waals surface area contributed by atoms with Gasteiger partial charge in [-0.3, -0.25) is 4.90 Å². The average Bonchev–Trinajstić information content (AvgIpc) is 2.23. The van der Waals surface area contributed by atoms with Gasteiger partial charge in [-0.25, -0.2) is 0 Å². The highest BCUT2D eigenvalue weighted by Gasteiger charge is 2.24. The van der Waals surface area contributed by atoms with Crippen LogP contribution in [0.1, 0.15) is 47.0 Å². The Morgan fingerprint density at radius 2 is 2.13 bits per heavy atom. The number of rotatable bonds is 5. The minimum absolute atomic E-state index is 0.715. The molecule has 0 aliphatic carbocycles. The summed E-state index contributed by atoms with van der Waals surface area (Å²) in [5, 5.41) is 3.65. The maximum absolute atomic E-state index is 3.65. The van der Waals surface area contributed by atoms with Crippen molar-refractivity contribution in [2.75, 3.05) is 19.6 Å². The van der Waals surface area contributed by atoms with Gasteiger partial charge >= 0.3 is 0 Å². The van der Waals surface area contributed by atoms with E-state index < -0.39 is 0 Å². The quantitative estimate of drug-likeness (QED) is 0.753. The van der Waals surface area contributed by atoms with Crippen molar-refractivity contribution in [2.45, 2.75) is 59.0 Å². The van der Waals surface area contributed by atoms with Crippen molar-refractivity contribution in [2.24, 2.45) is 5.92 Å². The largest absolute Gasteiger partial charge is 0.311 e. The first kappa shape index (κ1) is 13.0. The molecule has 1 heterocycles. The third-order valence-corrected chi connectivity index (χ3v) is 3.66. The van der Waals surface area contributed by atoms with E-state index in [1.807, 2.05) is 0 Å². The van der Waals surface area contributed by atoms with E-state index in [9.17, 15) is 0 Å². The molecule has 1 saturated heterocycles. The fourth-order valence-corrected chi connectivity index (χ4v) is 2.32. The Morgan fingerprint density at radius 1 is 1.40 bits per heavy atom. The van der Waals surface area contributed by atoms with E-state index in [-0.39, 0.29) is 0 Å². The van der Waals surface area contributed by atoms with Gasteiger partial charge in [0, 0.05) is 31.7 Å². The molecule has 1 aliphatic heterocycles. The fourth-order valence-electron chi connectivity index (χ4n) is 2.32. The summed E-state index contributed by atoms with van der Waals surface area (Å²) in [5.41, 5.74) is 0. The number of nitrogens with one attached hydrogen (secondary N) is 1. The van der Waals surface area contributed by atoms with Crippen LogP contribution in [0.3, 0.4) is 0 Å². The van der Waals surface area contributed by atoms with Crippen molar-refractivity contribution in [3.8, 4) is 0 Å². The normalized spacial score (nSPS) is 30.4. The number of hydrogen-bond acceptors (Lipinski definition) is 2. The summed E-state index contributed by atoms with van der Waals surface area (Å²) in [4.78, 5) is 2.67. The van der Waals surface area contributed by atoms with Gasteiger partial charge in [0.15, 0.2) is 0 Å². The number of hydrogen-bond donors (Lipinski definition) is 1. The molecule has 1 rings (SSSR count). The highest BCUT2D eigenvalue weighted by Crippen LogP contribution is 2.13. The lowest BCUT2D eigenvalue weighted by molar-refractivity contribution is 0.118. The molecular formula is C13H28N2. The summed E-state index contributed by atoms with van der Waals surface area (Å²) in [5.74, 6) is 0.841. The zero-order valence-electron chi connectivity index (χ0n) is 10.9. The molecule has 1 N–H and O–H groups in total. The molecule has 90 valence electrons. The highest BCUT2D eigenvalue weighted by molar-refractivity contribution is 4.84. The number of piperazine rings is 1. The molecule has 2 nitrogen and oxygen atoms in total. The van der Waals surface area contributed by atoms with Gasteiger partial charge in [-0.15, -0.1) is 0 Å². The molecule has 0 aromatic heterocycles. The Bertz CT molecular complexity index is 170. The van der Waals surface area contributed by atoms with E-state index in [2.05, 4.69) is 37.9 Å². The average molecular weight is 212 g/mol. The second-order valence-corrected chi connectivity index (χ2v) is 5.21. The van der Waals surface area contributed by atoms with E-state index in [0.29, 0.717) is 6.04 Å². The molecule has 3 unspecified atom stereocenters. The van der Waals surface area contributed by atoms with Crippen molar-refractivity contribution in [1.29, 1.82) is 0 Å². The van der Waals surface area contributed by atoms with Gasteiger partial charge < -0.3 is 5.32 Å². The molecule has 0 spiro atoms. The Morgan fingerprint density at radius 3 is 2.73 bits per heavy atom. The van der Waals surface area contributed by atoms with Gasteiger partial charge in [0.05, 0.1) is 0 Å². The molecule has 2 heteroatoms. The van der Waals surface area contributed by atoms with Crippen LogP contribution in [-0.2, 0) is 0 Å². The fraction of sp³-hybridized carbons (Fsp3) is 1.00. The van der Waals surface area contributed by atoms with Crippen LogP contribution in [0.2, 0.25) is 0 Å². The van der Waals surface area contributed by atoms with Crippen molar-refractivity contribution >= 4 is 0 Å². The standard InChI is InChI=1S/C13H28N2/c1-5-7-13-10-15(9-11(3)6-2)12(4)8-14-13/h11-14H,5-10H2,1-4H3. The van der Waals surface area contributed by atoms with Gasteiger partial charge in [-0.05, 0) is 19.3 Å². The van der Waals surface area contributed by atoms with Gasteiger partial charge in [0.1, 0.15) is 0 Å². The Labute approximate surface area is 95.4 Å². The van der Waals surface area contributed by atoms with Crippen molar-refractivity contribution in [3.63, 3.8) is 0 Å². The molecule has 0 aromatic carbocycles. The van der Waals surface area contributed by atoms with Crippen LogP contribution in [0.25, 0.3) is 0 Å². The third kappa shape index (κ3) is 4.12. The lowest BCUT2D eigenvalue weighted by Gasteiger charge is -2.40. The first-order chi connectivity index (χ1) is 7.17. The molecule has 0 bridgehead atoms. The van der Waals surface area contributed by atoms with Gasteiger partial charge in [0.2, 0.25) is 0 Å². The minimum atomic E-state index is 0.715. The minimum Gasteiger partial charge on any atom is -0.311 e. The second-order valence-electron chi connectivity index (χ2n) is 5.21. The smallest absolute Gasteiger partial charge is 0.0195 e. The molecule has 3 atom stereocenters. The van der Waals surface area contributed by atoms with Crippen LogP contribution in [-0.4, -0.2) is 36.6 Å². The molecule has 0 radical (unpaired) electrons. The summed E-state index contributed by atoms with van der Waals surface area (Å²) < 4.78 is 0. The second kappa shape index (κ2) is 6.49. The van der Waals surface area contributed by atoms with E-state index in [1.165, 1.54) is 38.9 Å². The molecule has 1 fully saturated rings. The molecule has 1 aliphatic rings. The molecule has 15 heavy (non-hydrogen) atoms. The van der Waals surface area contributed by atoms with Crippen molar-refractivity contribution in [3.05, 3.63) is 0 Å². The van der Waals surface area contributed by atoms with Crippen LogP contribution in [0.5, 0.6) is 0 Å². The SMILES string of the molecule is CCCC1CN(CC(C)CC)C(C)CN1. The van der Waals surface area contributed by atoms with Gasteiger partial charge in [-0.1, -0.05) is 33.6 Å². The summed E-state index contributed by atoms with van der Waals surface area (Å²) in [7, 11) is 0. The maximum Gasteiger partial charge on any atom is 0.0195 e. The Balaban J connectivity index is 2.39. The lowest BCUT2D eigenvalue weighted by atomic mass is 10.0. The first-order valence-electron chi connectivity index (χ1n) is 6.64. The van der Waals surface area contributed by atoms with Crippen LogP contribution in [0.4, 0.5) is 0 Å². The highest BCUT2D eigenvalue weighted by atomic mass is 15.2. The summed E-state index contributed by atoms with van der Waals surface area (Å²) >= 11 is 0. The van der Waals surface area contributed by atoms with Crippen LogP contribution < -0.4 is 5.32 Å². The maximum atomic E-state index is 3.65. The zero-order chi connectivity index (χ0) is 11.3. The topological polar surface area (TPSA) is 15.3 Å².